The van der Waals surface area contributed by atoms with E-state index in [1.807, 2.05) is 37.8 Å². The number of aromatic nitrogens is 3. The summed E-state index contributed by atoms with van der Waals surface area (Å²) >= 11 is 6.01. The average molecular weight is 297 g/mol. The van der Waals surface area contributed by atoms with Crippen LogP contribution in [-0.2, 0) is 27.2 Å². The predicted octanol–water partition coefficient (Wildman–Crippen LogP) is 2.36. The fourth-order valence-corrected chi connectivity index (χ4v) is 2.72. The SMILES string of the molecule is COc1c(CN(C)Cc2cc(Cl)cn2C)c(C)nn1C. The lowest BCUT2D eigenvalue weighted by molar-refractivity contribution is 0.299. The molecule has 0 fully saturated rings. The maximum Gasteiger partial charge on any atom is 0.216 e. The lowest BCUT2D eigenvalue weighted by Crippen LogP contribution is -2.19. The van der Waals surface area contributed by atoms with E-state index >= 15 is 0 Å². The smallest absolute Gasteiger partial charge is 0.216 e. The van der Waals surface area contributed by atoms with Crippen molar-refractivity contribution >= 4 is 11.6 Å². The fourth-order valence-electron chi connectivity index (χ4n) is 2.44. The summed E-state index contributed by atoms with van der Waals surface area (Å²) in [7, 11) is 7.65. The number of methoxy groups -OCH3 is 1. The van der Waals surface area contributed by atoms with Crippen molar-refractivity contribution in [3.63, 3.8) is 0 Å². The highest BCUT2D eigenvalue weighted by molar-refractivity contribution is 6.30. The van der Waals surface area contributed by atoms with Crippen molar-refractivity contribution in [2.24, 2.45) is 14.1 Å². The summed E-state index contributed by atoms with van der Waals surface area (Å²) < 4.78 is 9.25. The normalized spacial score (nSPS) is 11.3. The van der Waals surface area contributed by atoms with Crippen LogP contribution in [0.3, 0.4) is 0 Å². The number of hydrogen-bond donors (Lipinski definition) is 0. The van der Waals surface area contributed by atoms with Crippen molar-refractivity contribution in [3.8, 4) is 5.88 Å². The Balaban J connectivity index is 2.12. The molecule has 0 bridgehead atoms. The molecule has 0 aliphatic heterocycles. The first-order valence-electron chi connectivity index (χ1n) is 6.48. The second kappa shape index (κ2) is 5.89. The number of rotatable bonds is 5. The lowest BCUT2D eigenvalue weighted by Gasteiger charge is -2.17. The minimum absolute atomic E-state index is 0.769. The molecule has 0 aromatic carbocycles. The van der Waals surface area contributed by atoms with E-state index in [9.17, 15) is 0 Å². The molecular weight excluding hydrogens is 276 g/mol. The molecule has 6 heteroatoms. The van der Waals surface area contributed by atoms with E-state index < -0.39 is 0 Å². The highest BCUT2D eigenvalue weighted by atomic mass is 35.5. The van der Waals surface area contributed by atoms with E-state index in [0.717, 1.165) is 35.2 Å². The number of nitrogens with zero attached hydrogens (tertiary/aromatic N) is 4. The van der Waals surface area contributed by atoms with Gasteiger partial charge in [0, 0.05) is 39.1 Å². The average Bonchev–Trinajstić information content (AvgIpc) is 2.79. The molecule has 0 unspecified atom stereocenters. The van der Waals surface area contributed by atoms with E-state index in [1.165, 1.54) is 5.69 Å². The minimum atomic E-state index is 0.769. The molecule has 0 radical (unpaired) electrons. The third kappa shape index (κ3) is 2.99. The van der Waals surface area contributed by atoms with Crippen molar-refractivity contribution in [1.29, 1.82) is 0 Å². The summed E-state index contributed by atoms with van der Waals surface area (Å²) in [6.07, 6.45) is 1.92. The second-order valence-electron chi connectivity index (χ2n) is 5.13. The van der Waals surface area contributed by atoms with Crippen LogP contribution in [0.2, 0.25) is 5.02 Å². The standard InChI is InChI=1S/C14H21ClN4O/c1-10-13(14(20-5)19(4)16-10)9-17(2)8-12-6-11(15)7-18(12)3/h6-7H,8-9H2,1-5H3. The van der Waals surface area contributed by atoms with E-state index in [-0.39, 0.29) is 0 Å². The van der Waals surface area contributed by atoms with Crippen LogP contribution in [-0.4, -0.2) is 33.4 Å². The number of halogens is 1. The van der Waals surface area contributed by atoms with Crippen LogP contribution in [0.15, 0.2) is 12.3 Å². The zero-order chi connectivity index (χ0) is 14.9. The first-order valence-corrected chi connectivity index (χ1v) is 6.86. The molecule has 0 atom stereocenters. The third-order valence-corrected chi connectivity index (χ3v) is 3.62. The summed E-state index contributed by atoms with van der Waals surface area (Å²) in [6.45, 7) is 3.61. The Morgan fingerprint density at radius 3 is 2.60 bits per heavy atom. The fraction of sp³-hybridized carbons (Fsp3) is 0.500. The van der Waals surface area contributed by atoms with Crippen LogP contribution in [0.25, 0.3) is 0 Å². The Hall–Kier alpha value is -1.46. The van der Waals surface area contributed by atoms with Crippen LogP contribution in [0.5, 0.6) is 5.88 Å². The first-order chi connectivity index (χ1) is 9.42. The van der Waals surface area contributed by atoms with Gasteiger partial charge in [0.2, 0.25) is 5.88 Å². The van der Waals surface area contributed by atoms with Crippen molar-refractivity contribution in [2.75, 3.05) is 14.2 Å². The molecule has 5 nitrogen and oxygen atoms in total. The Bertz CT molecular complexity index is 603. The monoisotopic (exact) mass is 296 g/mol. The third-order valence-electron chi connectivity index (χ3n) is 3.42. The summed E-state index contributed by atoms with van der Waals surface area (Å²) in [4.78, 5) is 2.22. The Labute approximate surface area is 124 Å². The summed E-state index contributed by atoms with van der Waals surface area (Å²) in [5, 5.41) is 5.17. The summed E-state index contributed by atoms with van der Waals surface area (Å²) in [5.41, 5.74) is 3.30. The van der Waals surface area contributed by atoms with E-state index in [1.54, 1.807) is 11.8 Å². The lowest BCUT2D eigenvalue weighted by atomic mass is 10.2. The van der Waals surface area contributed by atoms with Gasteiger partial charge in [0.25, 0.3) is 0 Å². The molecule has 0 aliphatic rings. The van der Waals surface area contributed by atoms with Crippen LogP contribution in [0.1, 0.15) is 17.0 Å². The quantitative estimate of drug-likeness (QED) is 0.850. The predicted molar refractivity (Wildman–Crippen MR) is 80.1 cm³/mol. The van der Waals surface area contributed by atoms with E-state index in [2.05, 4.69) is 17.0 Å². The molecule has 0 spiro atoms. The Kier molecular flexibility index (Phi) is 4.40. The molecule has 2 heterocycles. The molecule has 0 aliphatic carbocycles. The Morgan fingerprint density at radius 2 is 2.05 bits per heavy atom. The van der Waals surface area contributed by atoms with Crippen LogP contribution < -0.4 is 4.74 Å². The molecule has 2 aromatic rings. The van der Waals surface area contributed by atoms with Gasteiger partial charge in [-0.2, -0.15) is 5.10 Å². The van der Waals surface area contributed by atoms with Gasteiger partial charge in [0.15, 0.2) is 0 Å². The van der Waals surface area contributed by atoms with Crippen molar-refractivity contribution < 1.29 is 4.74 Å². The van der Waals surface area contributed by atoms with E-state index in [4.69, 9.17) is 16.3 Å². The van der Waals surface area contributed by atoms with Crippen LogP contribution >= 0.6 is 11.6 Å². The van der Waals surface area contributed by atoms with Crippen molar-refractivity contribution in [3.05, 3.63) is 34.2 Å². The molecule has 0 N–H and O–H groups in total. The van der Waals surface area contributed by atoms with Gasteiger partial charge in [-0.25, -0.2) is 4.68 Å². The van der Waals surface area contributed by atoms with Gasteiger partial charge >= 0.3 is 0 Å². The first kappa shape index (κ1) is 14.9. The molecule has 0 saturated carbocycles. The van der Waals surface area contributed by atoms with Gasteiger partial charge in [-0.05, 0) is 20.0 Å². The molecule has 2 rings (SSSR count). The number of aryl methyl sites for hydroxylation is 3. The molecule has 2 aromatic heterocycles. The maximum atomic E-state index is 6.01. The summed E-state index contributed by atoms with van der Waals surface area (Å²) in [6, 6.07) is 1.99. The van der Waals surface area contributed by atoms with Crippen molar-refractivity contribution in [2.45, 2.75) is 20.0 Å². The van der Waals surface area contributed by atoms with E-state index in [0.29, 0.717) is 0 Å². The van der Waals surface area contributed by atoms with Crippen LogP contribution in [0.4, 0.5) is 0 Å². The van der Waals surface area contributed by atoms with Gasteiger partial charge in [0.1, 0.15) is 0 Å². The van der Waals surface area contributed by atoms with Gasteiger partial charge in [-0.1, -0.05) is 11.6 Å². The molecule has 0 amide bonds. The topological polar surface area (TPSA) is 35.2 Å². The van der Waals surface area contributed by atoms with Gasteiger partial charge in [-0.15, -0.1) is 0 Å². The minimum Gasteiger partial charge on any atom is -0.481 e. The molecule has 20 heavy (non-hydrogen) atoms. The van der Waals surface area contributed by atoms with Gasteiger partial charge in [-0.3, -0.25) is 4.90 Å². The number of ether oxygens (including phenoxy) is 1. The van der Waals surface area contributed by atoms with Crippen molar-refractivity contribution in [1.82, 2.24) is 19.2 Å². The Morgan fingerprint density at radius 1 is 1.35 bits per heavy atom. The highest BCUT2D eigenvalue weighted by Crippen LogP contribution is 2.23. The van der Waals surface area contributed by atoms with Gasteiger partial charge in [0.05, 0.1) is 23.4 Å². The summed E-state index contributed by atoms with van der Waals surface area (Å²) in [5.74, 6) is 0.819. The zero-order valence-electron chi connectivity index (χ0n) is 12.6. The molecule has 110 valence electrons. The second-order valence-corrected chi connectivity index (χ2v) is 5.57. The van der Waals surface area contributed by atoms with Crippen LogP contribution in [0, 0.1) is 6.92 Å². The zero-order valence-corrected chi connectivity index (χ0v) is 13.4. The highest BCUT2D eigenvalue weighted by Gasteiger charge is 2.16. The molecular formula is C14H21ClN4O. The van der Waals surface area contributed by atoms with Gasteiger partial charge < -0.3 is 9.30 Å². The number of hydrogen-bond acceptors (Lipinski definition) is 3. The largest absolute Gasteiger partial charge is 0.481 e. The maximum absolute atomic E-state index is 6.01. The molecule has 0 saturated heterocycles.